The first-order chi connectivity index (χ1) is 11.2. The van der Waals surface area contributed by atoms with Gasteiger partial charge in [-0.25, -0.2) is 8.78 Å². The molecule has 0 aromatic heterocycles. The van der Waals surface area contributed by atoms with Crippen molar-refractivity contribution in [1.29, 1.82) is 0 Å². The summed E-state index contributed by atoms with van der Waals surface area (Å²) >= 11 is 0. The maximum atomic E-state index is 13.2. The summed E-state index contributed by atoms with van der Waals surface area (Å²) in [4.78, 5) is 28.2. The van der Waals surface area contributed by atoms with Crippen molar-refractivity contribution < 1.29 is 23.5 Å². The molecule has 1 aliphatic carbocycles. The molecule has 2 aliphatic heterocycles. The van der Waals surface area contributed by atoms with Crippen LogP contribution in [-0.2, 0) is 9.59 Å². The lowest BCUT2D eigenvalue weighted by molar-refractivity contribution is -0.133. The fraction of sp³-hybridized carbons (Fsp3) is 0.875. The van der Waals surface area contributed by atoms with E-state index in [9.17, 15) is 23.5 Å². The standard InChI is InChI=1S/C16H25F2N3O3/c1-20-8-12(9-20)21-7-11(6-13(21)22)14(23)19-10-15(24)2-4-16(17,18)5-3-15/h11-12,24H,2-10H2,1H3,(H,19,23). The molecule has 0 aromatic carbocycles. The molecule has 1 atom stereocenters. The van der Waals surface area contributed by atoms with E-state index < -0.39 is 17.4 Å². The molecule has 2 saturated heterocycles. The summed E-state index contributed by atoms with van der Waals surface area (Å²) in [6.45, 7) is 2.03. The Morgan fingerprint density at radius 3 is 2.46 bits per heavy atom. The number of carbonyl (C=O) groups excluding carboxylic acids is 2. The van der Waals surface area contributed by atoms with E-state index in [4.69, 9.17) is 0 Å². The monoisotopic (exact) mass is 345 g/mol. The number of carbonyl (C=O) groups is 2. The van der Waals surface area contributed by atoms with E-state index in [1.54, 1.807) is 4.90 Å². The van der Waals surface area contributed by atoms with E-state index >= 15 is 0 Å². The highest BCUT2D eigenvalue weighted by Gasteiger charge is 2.44. The van der Waals surface area contributed by atoms with Crippen LogP contribution in [0.1, 0.15) is 32.1 Å². The minimum atomic E-state index is -2.72. The van der Waals surface area contributed by atoms with Gasteiger partial charge in [0.05, 0.1) is 17.6 Å². The number of rotatable bonds is 4. The third-order valence-corrected chi connectivity index (χ3v) is 5.52. The molecule has 3 rings (SSSR count). The van der Waals surface area contributed by atoms with Gasteiger partial charge in [0.2, 0.25) is 17.7 Å². The fourth-order valence-corrected chi connectivity index (χ4v) is 3.78. The van der Waals surface area contributed by atoms with Crippen LogP contribution in [-0.4, -0.2) is 77.5 Å². The Bertz CT molecular complexity index is 513. The lowest BCUT2D eigenvalue weighted by atomic mass is 9.82. The highest BCUT2D eigenvalue weighted by Crippen LogP contribution is 2.38. The van der Waals surface area contributed by atoms with Crippen molar-refractivity contribution >= 4 is 11.8 Å². The molecular formula is C16H25F2N3O3. The zero-order valence-corrected chi connectivity index (χ0v) is 13.9. The maximum Gasteiger partial charge on any atom is 0.248 e. The van der Waals surface area contributed by atoms with Gasteiger partial charge < -0.3 is 20.2 Å². The molecule has 2 N–H and O–H groups in total. The highest BCUT2D eigenvalue weighted by molar-refractivity contribution is 5.89. The Balaban J connectivity index is 1.47. The summed E-state index contributed by atoms with van der Waals surface area (Å²) in [5.74, 6) is -3.42. The molecule has 2 amide bonds. The Hall–Kier alpha value is -1.28. The van der Waals surface area contributed by atoms with Crippen LogP contribution in [0, 0.1) is 5.92 Å². The third kappa shape index (κ3) is 3.69. The SMILES string of the molecule is CN1CC(N2CC(C(=O)NCC3(O)CCC(F)(F)CC3)CC2=O)C1. The molecule has 3 fully saturated rings. The predicted octanol–water partition coefficient (Wildman–Crippen LogP) is 0.205. The van der Waals surface area contributed by atoms with E-state index in [-0.39, 0.29) is 56.5 Å². The van der Waals surface area contributed by atoms with Crippen molar-refractivity contribution in [2.75, 3.05) is 33.2 Å². The van der Waals surface area contributed by atoms with E-state index in [1.807, 2.05) is 7.05 Å². The summed E-state index contributed by atoms with van der Waals surface area (Å²) in [7, 11) is 1.98. The first-order valence-electron chi connectivity index (χ1n) is 8.53. The summed E-state index contributed by atoms with van der Waals surface area (Å²) in [5, 5.41) is 13.0. The quantitative estimate of drug-likeness (QED) is 0.764. The Morgan fingerprint density at radius 2 is 1.88 bits per heavy atom. The van der Waals surface area contributed by atoms with Crippen LogP contribution >= 0.6 is 0 Å². The first kappa shape index (κ1) is 17.5. The van der Waals surface area contributed by atoms with E-state index in [0.717, 1.165) is 13.1 Å². The normalized spacial score (nSPS) is 30.2. The molecule has 136 valence electrons. The van der Waals surface area contributed by atoms with E-state index in [2.05, 4.69) is 10.2 Å². The van der Waals surface area contributed by atoms with Crippen molar-refractivity contribution in [2.24, 2.45) is 5.92 Å². The van der Waals surface area contributed by atoms with Crippen molar-refractivity contribution in [3.63, 3.8) is 0 Å². The number of nitrogens with zero attached hydrogens (tertiary/aromatic N) is 2. The van der Waals surface area contributed by atoms with Crippen LogP contribution in [0.5, 0.6) is 0 Å². The van der Waals surface area contributed by atoms with Gasteiger partial charge in [-0.15, -0.1) is 0 Å². The Labute approximate surface area is 140 Å². The largest absolute Gasteiger partial charge is 0.388 e. The zero-order valence-electron chi connectivity index (χ0n) is 13.9. The summed E-state index contributed by atoms with van der Waals surface area (Å²) in [6.07, 6.45) is -0.577. The van der Waals surface area contributed by atoms with Crippen LogP contribution < -0.4 is 5.32 Å². The van der Waals surface area contributed by atoms with Gasteiger partial charge in [0, 0.05) is 45.4 Å². The average Bonchev–Trinajstić information content (AvgIpc) is 2.87. The number of likely N-dealkylation sites (N-methyl/N-ethyl adjacent to an activating group) is 1. The van der Waals surface area contributed by atoms with Crippen LogP contribution in [0.4, 0.5) is 8.78 Å². The molecule has 24 heavy (non-hydrogen) atoms. The fourth-order valence-electron chi connectivity index (χ4n) is 3.78. The number of amides is 2. The molecule has 0 aromatic rings. The van der Waals surface area contributed by atoms with Crippen LogP contribution in [0.2, 0.25) is 0 Å². The van der Waals surface area contributed by atoms with Crippen LogP contribution in [0.25, 0.3) is 0 Å². The van der Waals surface area contributed by atoms with E-state index in [0.29, 0.717) is 6.54 Å². The number of hydrogen-bond acceptors (Lipinski definition) is 4. The Morgan fingerprint density at radius 1 is 1.25 bits per heavy atom. The number of likely N-dealkylation sites (tertiary alicyclic amines) is 2. The second kappa shape index (κ2) is 6.22. The van der Waals surface area contributed by atoms with Gasteiger partial charge in [0.1, 0.15) is 0 Å². The summed E-state index contributed by atoms with van der Waals surface area (Å²) in [5.41, 5.74) is -1.27. The summed E-state index contributed by atoms with van der Waals surface area (Å²) in [6, 6.07) is 0.185. The number of nitrogens with one attached hydrogen (secondary N) is 1. The second-order valence-corrected chi connectivity index (χ2v) is 7.62. The van der Waals surface area contributed by atoms with Crippen molar-refractivity contribution in [3.05, 3.63) is 0 Å². The molecular weight excluding hydrogens is 320 g/mol. The molecule has 1 unspecified atom stereocenters. The van der Waals surface area contributed by atoms with Gasteiger partial charge >= 0.3 is 0 Å². The summed E-state index contributed by atoms with van der Waals surface area (Å²) < 4.78 is 26.4. The Kier molecular flexibility index (Phi) is 4.55. The molecule has 2 heterocycles. The third-order valence-electron chi connectivity index (χ3n) is 5.52. The topological polar surface area (TPSA) is 72.9 Å². The van der Waals surface area contributed by atoms with Gasteiger partial charge in [0.25, 0.3) is 0 Å². The number of halogens is 2. The molecule has 6 nitrogen and oxygen atoms in total. The zero-order chi connectivity index (χ0) is 17.5. The maximum absolute atomic E-state index is 13.2. The predicted molar refractivity (Wildman–Crippen MR) is 82.5 cm³/mol. The molecule has 1 saturated carbocycles. The molecule has 3 aliphatic rings. The van der Waals surface area contributed by atoms with Crippen molar-refractivity contribution in [3.8, 4) is 0 Å². The van der Waals surface area contributed by atoms with E-state index in [1.165, 1.54) is 0 Å². The van der Waals surface area contributed by atoms with Crippen LogP contribution in [0.3, 0.4) is 0 Å². The lowest BCUT2D eigenvalue weighted by Crippen LogP contribution is -2.58. The van der Waals surface area contributed by atoms with Crippen molar-refractivity contribution in [1.82, 2.24) is 15.1 Å². The van der Waals surface area contributed by atoms with Gasteiger partial charge in [-0.2, -0.15) is 0 Å². The minimum absolute atomic E-state index is 0.00993. The lowest BCUT2D eigenvalue weighted by Gasteiger charge is -2.42. The highest BCUT2D eigenvalue weighted by atomic mass is 19.3. The number of aliphatic hydroxyl groups is 1. The molecule has 8 heteroatoms. The average molecular weight is 345 g/mol. The molecule has 0 spiro atoms. The molecule has 0 radical (unpaired) electrons. The van der Waals surface area contributed by atoms with Gasteiger partial charge in [-0.1, -0.05) is 0 Å². The van der Waals surface area contributed by atoms with Gasteiger partial charge in [0.15, 0.2) is 0 Å². The minimum Gasteiger partial charge on any atom is -0.388 e. The smallest absolute Gasteiger partial charge is 0.248 e. The van der Waals surface area contributed by atoms with Crippen molar-refractivity contribution in [2.45, 2.75) is 49.7 Å². The molecule has 0 bridgehead atoms. The first-order valence-corrected chi connectivity index (χ1v) is 8.53. The van der Waals surface area contributed by atoms with Crippen LogP contribution in [0.15, 0.2) is 0 Å². The second-order valence-electron chi connectivity index (χ2n) is 7.62. The number of alkyl halides is 2. The van der Waals surface area contributed by atoms with Gasteiger partial charge in [-0.05, 0) is 19.9 Å². The van der Waals surface area contributed by atoms with Gasteiger partial charge in [-0.3, -0.25) is 9.59 Å². The number of hydrogen-bond donors (Lipinski definition) is 2.